The zero-order chi connectivity index (χ0) is 13.1. The molecule has 0 saturated carbocycles. The Bertz CT molecular complexity index is 541. The molecule has 0 N–H and O–H groups in total. The Morgan fingerprint density at radius 2 is 2.00 bits per heavy atom. The molecule has 94 valence electrons. The maximum absolute atomic E-state index is 6.44. The van der Waals surface area contributed by atoms with Crippen LogP contribution in [0.3, 0.4) is 0 Å². The van der Waals surface area contributed by atoms with E-state index in [-0.39, 0.29) is 0 Å². The van der Waals surface area contributed by atoms with Crippen LogP contribution in [0.2, 0.25) is 5.15 Å². The molecule has 0 spiro atoms. The van der Waals surface area contributed by atoms with E-state index < -0.39 is 0 Å². The highest BCUT2D eigenvalue weighted by molar-refractivity contribution is 6.30. The van der Waals surface area contributed by atoms with Crippen molar-refractivity contribution in [2.75, 3.05) is 0 Å². The van der Waals surface area contributed by atoms with Gasteiger partial charge >= 0.3 is 0 Å². The molecule has 2 aromatic rings. The van der Waals surface area contributed by atoms with E-state index in [1.807, 2.05) is 36.4 Å². The molecule has 0 atom stereocenters. The standard InChI is InChI=1S/C15H17ClN2/c1-4-8-13-14(11(2)3)17-18(15(13)16)12-9-6-5-7-10-12/h4-7,9-11H,1,8H2,2-3H3. The summed E-state index contributed by atoms with van der Waals surface area (Å²) in [6.07, 6.45) is 2.61. The van der Waals surface area contributed by atoms with Gasteiger partial charge in [-0.1, -0.05) is 49.7 Å². The van der Waals surface area contributed by atoms with E-state index in [2.05, 4.69) is 25.5 Å². The van der Waals surface area contributed by atoms with Gasteiger partial charge in [0.15, 0.2) is 0 Å². The third-order valence-electron chi connectivity index (χ3n) is 2.85. The number of benzene rings is 1. The average molecular weight is 261 g/mol. The summed E-state index contributed by atoms with van der Waals surface area (Å²) in [5.41, 5.74) is 3.11. The quantitative estimate of drug-likeness (QED) is 0.746. The first-order valence-electron chi connectivity index (χ1n) is 6.08. The van der Waals surface area contributed by atoms with Gasteiger partial charge in [-0.3, -0.25) is 0 Å². The number of rotatable bonds is 4. The topological polar surface area (TPSA) is 17.8 Å². The molecular weight excluding hydrogens is 244 g/mol. The molecule has 1 heterocycles. The monoisotopic (exact) mass is 260 g/mol. The highest BCUT2D eigenvalue weighted by Gasteiger charge is 2.18. The number of hydrogen-bond acceptors (Lipinski definition) is 1. The second-order valence-corrected chi connectivity index (χ2v) is 4.91. The molecule has 3 heteroatoms. The van der Waals surface area contributed by atoms with E-state index in [0.717, 1.165) is 23.4 Å². The lowest BCUT2D eigenvalue weighted by Gasteiger charge is -2.02. The van der Waals surface area contributed by atoms with Crippen LogP contribution < -0.4 is 0 Å². The van der Waals surface area contributed by atoms with Crippen LogP contribution in [0.5, 0.6) is 0 Å². The summed E-state index contributed by atoms with van der Waals surface area (Å²) in [6.45, 7) is 8.04. The Kier molecular flexibility index (Phi) is 3.87. The Labute approximate surface area is 113 Å². The Morgan fingerprint density at radius 1 is 1.33 bits per heavy atom. The maximum atomic E-state index is 6.44. The van der Waals surface area contributed by atoms with Crippen molar-refractivity contribution in [2.45, 2.75) is 26.2 Å². The molecule has 0 bridgehead atoms. The second-order valence-electron chi connectivity index (χ2n) is 4.55. The summed E-state index contributed by atoms with van der Waals surface area (Å²) in [5.74, 6) is 0.349. The lowest BCUT2D eigenvalue weighted by atomic mass is 10.0. The van der Waals surface area contributed by atoms with Gasteiger partial charge in [0.25, 0.3) is 0 Å². The average Bonchev–Trinajstić information content (AvgIpc) is 2.69. The van der Waals surface area contributed by atoms with Gasteiger partial charge in [0, 0.05) is 5.56 Å². The number of halogens is 1. The summed E-state index contributed by atoms with van der Waals surface area (Å²) in [4.78, 5) is 0. The zero-order valence-electron chi connectivity index (χ0n) is 10.7. The van der Waals surface area contributed by atoms with Crippen molar-refractivity contribution in [2.24, 2.45) is 0 Å². The van der Waals surface area contributed by atoms with Crippen LogP contribution in [0.4, 0.5) is 0 Å². The van der Waals surface area contributed by atoms with Gasteiger partial charge in [-0.25, -0.2) is 4.68 Å². The number of aromatic nitrogens is 2. The normalized spacial score (nSPS) is 10.9. The van der Waals surface area contributed by atoms with E-state index in [1.165, 1.54) is 0 Å². The summed E-state index contributed by atoms with van der Waals surface area (Å²) in [7, 11) is 0. The van der Waals surface area contributed by atoms with Crippen LogP contribution in [0.25, 0.3) is 5.69 Å². The third kappa shape index (κ3) is 2.34. The highest BCUT2D eigenvalue weighted by atomic mass is 35.5. The molecule has 2 rings (SSSR count). The first-order chi connectivity index (χ1) is 8.65. The van der Waals surface area contributed by atoms with Crippen molar-refractivity contribution < 1.29 is 0 Å². The van der Waals surface area contributed by atoms with Crippen molar-refractivity contribution in [3.05, 3.63) is 59.4 Å². The second kappa shape index (κ2) is 5.40. The van der Waals surface area contributed by atoms with Gasteiger partial charge < -0.3 is 0 Å². The van der Waals surface area contributed by atoms with Crippen molar-refractivity contribution in [3.63, 3.8) is 0 Å². The predicted octanol–water partition coefficient (Wildman–Crippen LogP) is 4.38. The van der Waals surface area contributed by atoms with Crippen LogP contribution in [0, 0.1) is 0 Å². The smallest absolute Gasteiger partial charge is 0.136 e. The van der Waals surface area contributed by atoms with Crippen LogP contribution in [-0.2, 0) is 6.42 Å². The molecule has 0 radical (unpaired) electrons. The molecule has 0 amide bonds. The molecule has 0 aliphatic heterocycles. The fraction of sp³-hybridized carbons (Fsp3) is 0.267. The van der Waals surface area contributed by atoms with Crippen molar-refractivity contribution >= 4 is 11.6 Å². The van der Waals surface area contributed by atoms with E-state index in [4.69, 9.17) is 11.6 Å². The van der Waals surface area contributed by atoms with Crippen molar-refractivity contribution in [1.82, 2.24) is 9.78 Å². The first-order valence-corrected chi connectivity index (χ1v) is 6.46. The van der Waals surface area contributed by atoms with Gasteiger partial charge in [0.05, 0.1) is 11.4 Å². The number of hydrogen-bond donors (Lipinski definition) is 0. The van der Waals surface area contributed by atoms with Crippen molar-refractivity contribution in [1.29, 1.82) is 0 Å². The molecule has 2 nitrogen and oxygen atoms in total. The van der Waals surface area contributed by atoms with E-state index in [1.54, 1.807) is 4.68 Å². The number of nitrogens with zero attached hydrogens (tertiary/aromatic N) is 2. The molecule has 0 aliphatic rings. The Morgan fingerprint density at radius 3 is 2.56 bits per heavy atom. The minimum Gasteiger partial charge on any atom is -0.222 e. The number of para-hydroxylation sites is 1. The van der Waals surface area contributed by atoms with Crippen LogP contribution in [0.15, 0.2) is 43.0 Å². The summed E-state index contributed by atoms with van der Waals surface area (Å²) in [5, 5.41) is 5.32. The fourth-order valence-electron chi connectivity index (χ4n) is 1.98. The first kappa shape index (κ1) is 12.9. The molecule has 0 aliphatic carbocycles. The molecule has 0 fully saturated rings. The van der Waals surface area contributed by atoms with Gasteiger partial charge in [-0.2, -0.15) is 5.10 Å². The van der Waals surface area contributed by atoms with Crippen LogP contribution in [0.1, 0.15) is 31.0 Å². The van der Waals surface area contributed by atoms with Crippen LogP contribution in [-0.4, -0.2) is 9.78 Å². The largest absolute Gasteiger partial charge is 0.222 e. The van der Waals surface area contributed by atoms with Gasteiger partial charge in [0.2, 0.25) is 0 Å². The molecular formula is C15H17ClN2. The Balaban J connectivity index is 2.56. The minimum absolute atomic E-state index is 0.349. The summed E-state index contributed by atoms with van der Waals surface area (Å²) >= 11 is 6.44. The lowest BCUT2D eigenvalue weighted by molar-refractivity contribution is 0.764. The van der Waals surface area contributed by atoms with Crippen molar-refractivity contribution in [3.8, 4) is 5.69 Å². The van der Waals surface area contributed by atoms with Crippen LogP contribution >= 0.6 is 11.6 Å². The Hall–Kier alpha value is -1.54. The predicted molar refractivity (Wildman–Crippen MR) is 76.6 cm³/mol. The highest BCUT2D eigenvalue weighted by Crippen LogP contribution is 2.28. The SMILES string of the molecule is C=CCc1c(C(C)C)nn(-c2ccccc2)c1Cl. The number of allylic oxidation sites excluding steroid dienone is 1. The molecule has 1 aromatic heterocycles. The van der Waals surface area contributed by atoms with Gasteiger partial charge in [-0.15, -0.1) is 6.58 Å². The maximum Gasteiger partial charge on any atom is 0.136 e. The molecule has 0 saturated heterocycles. The third-order valence-corrected chi connectivity index (χ3v) is 3.24. The lowest BCUT2D eigenvalue weighted by Crippen LogP contribution is -1.97. The van der Waals surface area contributed by atoms with E-state index >= 15 is 0 Å². The van der Waals surface area contributed by atoms with Gasteiger partial charge in [-0.05, 0) is 24.5 Å². The molecule has 18 heavy (non-hydrogen) atoms. The zero-order valence-corrected chi connectivity index (χ0v) is 11.5. The minimum atomic E-state index is 0.349. The van der Waals surface area contributed by atoms with Gasteiger partial charge in [0.1, 0.15) is 5.15 Å². The van der Waals surface area contributed by atoms with E-state index in [0.29, 0.717) is 11.1 Å². The molecule has 1 aromatic carbocycles. The fourth-order valence-corrected chi connectivity index (χ4v) is 2.29. The summed E-state index contributed by atoms with van der Waals surface area (Å²) < 4.78 is 1.80. The summed E-state index contributed by atoms with van der Waals surface area (Å²) in [6, 6.07) is 9.95. The van der Waals surface area contributed by atoms with E-state index in [9.17, 15) is 0 Å². The molecule has 0 unspecified atom stereocenters.